The molecule has 0 amide bonds. The first kappa shape index (κ1) is 27.6. The molecule has 1 aliphatic heterocycles. The summed E-state index contributed by atoms with van der Waals surface area (Å²) in [5, 5.41) is 1.27. The lowest BCUT2D eigenvalue weighted by Crippen LogP contribution is -2.37. The second kappa shape index (κ2) is 13.4. The molecule has 37 heavy (non-hydrogen) atoms. The average molecular weight is 519 g/mol. The van der Waals surface area contributed by atoms with Gasteiger partial charge in [0, 0.05) is 18.4 Å². The molecule has 1 aliphatic rings. The lowest BCUT2D eigenvalue weighted by atomic mass is 9.98. The molecule has 0 radical (unpaired) electrons. The minimum absolute atomic E-state index is 0.0168. The van der Waals surface area contributed by atoms with E-state index in [-0.39, 0.29) is 36.6 Å². The molecule has 7 heteroatoms. The number of fused-ring (bicyclic) bond motifs is 1. The first-order chi connectivity index (χ1) is 17.9. The normalized spacial score (nSPS) is 18.0. The van der Waals surface area contributed by atoms with Gasteiger partial charge in [-0.2, -0.15) is 0 Å². The van der Waals surface area contributed by atoms with Crippen LogP contribution in [0, 0.1) is 23.3 Å². The van der Waals surface area contributed by atoms with E-state index in [1.165, 1.54) is 19.3 Å². The van der Waals surface area contributed by atoms with Gasteiger partial charge < -0.3 is 14.2 Å². The van der Waals surface area contributed by atoms with Gasteiger partial charge in [-0.3, -0.25) is 0 Å². The number of hydrogen-bond acceptors (Lipinski definition) is 3. The molecular formula is C30H34F4O3. The van der Waals surface area contributed by atoms with E-state index in [1.807, 2.05) is 18.2 Å². The number of ether oxygens (including phenoxy) is 3. The fraction of sp³-hybridized carbons (Fsp3) is 0.467. The van der Waals surface area contributed by atoms with Crippen LogP contribution < -0.4 is 0 Å². The van der Waals surface area contributed by atoms with Crippen LogP contribution in [0.25, 0.3) is 10.8 Å². The Hall–Kier alpha value is -2.48. The summed E-state index contributed by atoms with van der Waals surface area (Å²) in [5.41, 5.74) is 1.78. The number of halogens is 4. The maximum atomic E-state index is 15.1. The van der Waals surface area contributed by atoms with E-state index >= 15 is 4.39 Å². The summed E-state index contributed by atoms with van der Waals surface area (Å²) in [5.74, 6) is -4.33. The largest absolute Gasteiger partial charge is 0.373 e. The van der Waals surface area contributed by atoms with Crippen molar-refractivity contribution in [3.63, 3.8) is 0 Å². The Kier molecular flexibility index (Phi) is 9.95. The summed E-state index contributed by atoms with van der Waals surface area (Å²) >= 11 is 0. The number of rotatable bonds is 12. The first-order valence-electron chi connectivity index (χ1n) is 13.1. The van der Waals surface area contributed by atoms with Crippen molar-refractivity contribution in [1.29, 1.82) is 0 Å². The number of benzene rings is 3. The maximum absolute atomic E-state index is 15.1. The first-order valence-corrected chi connectivity index (χ1v) is 13.1. The van der Waals surface area contributed by atoms with Gasteiger partial charge in [-0.15, -0.1) is 0 Å². The highest BCUT2D eigenvalue weighted by Crippen LogP contribution is 2.25. The standard InChI is InChI=1S/C30H34F4O3/c1-2-3-4-5-14-35-24-18-36-28(37-19-24)13-8-20-7-12-25-23(15-20)11-10-22(29(25)33)9-6-21-16-26(31)30(34)27(32)17-21/h7,10-12,15-17,24,28H,2-6,8-9,13-14,18-19H2,1H3. The van der Waals surface area contributed by atoms with Crippen LogP contribution in [0.15, 0.2) is 42.5 Å². The maximum Gasteiger partial charge on any atom is 0.194 e. The summed E-state index contributed by atoms with van der Waals surface area (Å²) in [6.45, 7) is 3.98. The molecule has 4 rings (SSSR count). The van der Waals surface area contributed by atoms with E-state index in [0.717, 1.165) is 42.5 Å². The zero-order valence-corrected chi connectivity index (χ0v) is 21.2. The van der Waals surface area contributed by atoms with E-state index in [0.29, 0.717) is 30.6 Å². The van der Waals surface area contributed by atoms with Crippen molar-refractivity contribution in [2.75, 3.05) is 19.8 Å². The third-order valence-corrected chi connectivity index (χ3v) is 6.78. The second-order valence-corrected chi connectivity index (χ2v) is 9.66. The highest BCUT2D eigenvalue weighted by atomic mass is 19.2. The highest BCUT2D eigenvalue weighted by molar-refractivity contribution is 5.84. The Bertz CT molecular complexity index is 1150. The van der Waals surface area contributed by atoms with Crippen LogP contribution in [0.2, 0.25) is 0 Å². The van der Waals surface area contributed by atoms with Crippen molar-refractivity contribution in [1.82, 2.24) is 0 Å². The molecule has 3 aromatic carbocycles. The average Bonchev–Trinajstić information content (AvgIpc) is 2.90. The van der Waals surface area contributed by atoms with Crippen molar-refractivity contribution in [2.24, 2.45) is 0 Å². The van der Waals surface area contributed by atoms with Crippen molar-refractivity contribution in [3.8, 4) is 0 Å². The fourth-order valence-corrected chi connectivity index (χ4v) is 4.62. The zero-order valence-electron chi connectivity index (χ0n) is 21.2. The van der Waals surface area contributed by atoms with E-state index < -0.39 is 17.5 Å². The number of hydrogen-bond donors (Lipinski definition) is 0. The van der Waals surface area contributed by atoms with Gasteiger partial charge in [0.05, 0.1) is 13.2 Å². The third kappa shape index (κ3) is 7.53. The zero-order chi connectivity index (χ0) is 26.2. The van der Waals surface area contributed by atoms with Crippen molar-refractivity contribution < 1.29 is 31.8 Å². The van der Waals surface area contributed by atoms with Gasteiger partial charge in [-0.1, -0.05) is 56.5 Å². The summed E-state index contributed by atoms with van der Waals surface area (Å²) < 4.78 is 72.7. The molecule has 1 saturated heterocycles. The highest BCUT2D eigenvalue weighted by Gasteiger charge is 2.22. The topological polar surface area (TPSA) is 27.7 Å². The molecule has 0 aromatic heterocycles. The molecular weight excluding hydrogens is 484 g/mol. The summed E-state index contributed by atoms with van der Waals surface area (Å²) in [6, 6.07) is 11.0. The predicted octanol–water partition coefficient (Wildman–Crippen LogP) is 7.45. The molecule has 0 unspecified atom stereocenters. The SMILES string of the molecule is CCCCCCOC1COC(CCc2ccc3c(F)c(CCc4cc(F)c(F)c(F)c4)ccc3c2)OC1. The van der Waals surface area contributed by atoms with Gasteiger partial charge in [0.2, 0.25) is 0 Å². The third-order valence-electron chi connectivity index (χ3n) is 6.78. The van der Waals surface area contributed by atoms with E-state index in [9.17, 15) is 13.2 Å². The van der Waals surface area contributed by atoms with Gasteiger partial charge in [-0.25, -0.2) is 17.6 Å². The summed E-state index contributed by atoms with van der Waals surface area (Å²) in [6.07, 6.45) is 6.24. The van der Waals surface area contributed by atoms with Crippen LogP contribution in [0.5, 0.6) is 0 Å². The van der Waals surface area contributed by atoms with Crippen molar-refractivity contribution in [2.45, 2.75) is 70.7 Å². The lowest BCUT2D eigenvalue weighted by Gasteiger charge is -2.29. The Morgan fingerprint density at radius 3 is 2.27 bits per heavy atom. The number of unbranched alkanes of at least 4 members (excludes halogenated alkanes) is 3. The lowest BCUT2D eigenvalue weighted by molar-refractivity contribution is -0.227. The predicted molar refractivity (Wildman–Crippen MR) is 136 cm³/mol. The van der Waals surface area contributed by atoms with Crippen LogP contribution in [-0.4, -0.2) is 32.2 Å². The van der Waals surface area contributed by atoms with Crippen LogP contribution in [0.3, 0.4) is 0 Å². The molecule has 1 fully saturated rings. The molecule has 0 atom stereocenters. The Morgan fingerprint density at radius 1 is 0.784 bits per heavy atom. The van der Waals surface area contributed by atoms with E-state index in [4.69, 9.17) is 14.2 Å². The van der Waals surface area contributed by atoms with Crippen LogP contribution in [0.1, 0.15) is 55.7 Å². The van der Waals surface area contributed by atoms with Gasteiger partial charge in [0.15, 0.2) is 23.7 Å². The van der Waals surface area contributed by atoms with Crippen molar-refractivity contribution in [3.05, 3.63) is 82.4 Å². The fourth-order valence-electron chi connectivity index (χ4n) is 4.62. The Morgan fingerprint density at radius 2 is 1.54 bits per heavy atom. The molecule has 0 spiro atoms. The molecule has 3 aromatic rings. The smallest absolute Gasteiger partial charge is 0.194 e. The monoisotopic (exact) mass is 518 g/mol. The quantitative estimate of drug-likeness (QED) is 0.142. The summed E-state index contributed by atoms with van der Waals surface area (Å²) in [4.78, 5) is 0. The second-order valence-electron chi connectivity index (χ2n) is 9.66. The summed E-state index contributed by atoms with van der Waals surface area (Å²) in [7, 11) is 0. The Labute approximate surface area is 215 Å². The molecule has 1 heterocycles. The van der Waals surface area contributed by atoms with Crippen LogP contribution in [0.4, 0.5) is 17.6 Å². The van der Waals surface area contributed by atoms with Crippen molar-refractivity contribution >= 4 is 10.8 Å². The number of aryl methyl sites for hydroxylation is 3. The van der Waals surface area contributed by atoms with E-state index in [2.05, 4.69) is 6.92 Å². The van der Waals surface area contributed by atoms with Gasteiger partial charge in [0.1, 0.15) is 11.9 Å². The molecule has 200 valence electrons. The van der Waals surface area contributed by atoms with Gasteiger partial charge >= 0.3 is 0 Å². The van der Waals surface area contributed by atoms with E-state index in [1.54, 1.807) is 12.1 Å². The molecule has 0 N–H and O–H groups in total. The molecule has 0 saturated carbocycles. The minimum Gasteiger partial charge on any atom is -0.373 e. The molecule has 0 aliphatic carbocycles. The molecule has 3 nitrogen and oxygen atoms in total. The van der Waals surface area contributed by atoms with Crippen LogP contribution in [-0.2, 0) is 33.5 Å². The molecule has 0 bridgehead atoms. The van der Waals surface area contributed by atoms with Gasteiger partial charge in [0.25, 0.3) is 0 Å². The Balaban J connectivity index is 1.27. The minimum atomic E-state index is -1.50. The van der Waals surface area contributed by atoms with Crippen LogP contribution >= 0.6 is 0 Å². The van der Waals surface area contributed by atoms with Gasteiger partial charge in [-0.05, 0) is 59.9 Å².